The Bertz CT molecular complexity index is 565. The molecule has 1 saturated carbocycles. The van der Waals surface area contributed by atoms with Crippen LogP contribution in [0.5, 0.6) is 0 Å². The van der Waals surface area contributed by atoms with Crippen LogP contribution in [0.1, 0.15) is 56.1 Å². The molecule has 1 unspecified atom stereocenters. The number of hydrogen-bond donors (Lipinski definition) is 2. The van der Waals surface area contributed by atoms with E-state index in [0.717, 1.165) is 25.6 Å². The number of hydrogen-bond acceptors (Lipinski definition) is 2. The molecule has 0 spiro atoms. The Morgan fingerprint density at radius 1 is 0.808 bits per heavy atom. The summed E-state index contributed by atoms with van der Waals surface area (Å²) in [6, 6.07) is 22.3. The van der Waals surface area contributed by atoms with Gasteiger partial charge in [-0.25, -0.2) is 0 Å². The molecule has 1 aliphatic rings. The third kappa shape index (κ3) is 5.69. The zero-order chi connectivity index (χ0) is 18.0. The fourth-order valence-corrected chi connectivity index (χ4v) is 4.23. The molecule has 1 fully saturated rings. The summed E-state index contributed by atoms with van der Waals surface area (Å²) in [5.74, 6) is 1.29. The lowest BCUT2D eigenvalue weighted by molar-refractivity contribution is 0.282. The maximum atomic E-state index is 3.74. The van der Waals surface area contributed by atoms with Crippen molar-refractivity contribution in [2.45, 2.75) is 51.0 Å². The molecule has 2 aromatic rings. The van der Waals surface area contributed by atoms with Crippen molar-refractivity contribution in [2.24, 2.45) is 5.92 Å². The highest BCUT2D eigenvalue weighted by Gasteiger charge is 2.19. The van der Waals surface area contributed by atoms with Gasteiger partial charge in [0.1, 0.15) is 0 Å². The van der Waals surface area contributed by atoms with Gasteiger partial charge in [0.25, 0.3) is 0 Å². The van der Waals surface area contributed by atoms with Crippen LogP contribution in [0.3, 0.4) is 0 Å². The van der Waals surface area contributed by atoms with Crippen molar-refractivity contribution in [3.63, 3.8) is 0 Å². The van der Waals surface area contributed by atoms with E-state index in [4.69, 9.17) is 0 Å². The van der Waals surface area contributed by atoms with Gasteiger partial charge in [-0.15, -0.1) is 0 Å². The van der Waals surface area contributed by atoms with E-state index >= 15 is 0 Å². The molecule has 0 aromatic heterocycles. The minimum Gasteiger partial charge on any atom is -0.315 e. The largest absolute Gasteiger partial charge is 0.315 e. The molecule has 140 valence electrons. The van der Waals surface area contributed by atoms with E-state index in [1.807, 2.05) is 0 Å². The molecule has 2 N–H and O–H groups in total. The Morgan fingerprint density at radius 2 is 1.38 bits per heavy atom. The monoisotopic (exact) mass is 350 g/mol. The van der Waals surface area contributed by atoms with Gasteiger partial charge in [0.15, 0.2) is 0 Å². The highest BCUT2D eigenvalue weighted by Crippen LogP contribution is 2.26. The molecule has 0 saturated heterocycles. The Balaban J connectivity index is 1.46. The summed E-state index contributed by atoms with van der Waals surface area (Å²) in [5.41, 5.74) is 2.77. The average Bonchev–Trinajstić information content (AvgIpc) is 2.72. The SMILES string of the molecule is CC(NCCNCC(c1ccccc1)c1ccccc1)C1CCCCC1. The van der Waals surface area contributed by atoms with Gasteiger partial charge in [-0.1, -0.05) is 79.9 Å². The van der Waals surface area contributed by atoms with Gasteiger partial charge in [-0.05, 0) is 36.8 Å². The molecule has 0 radical (unpaired) electrons. The van der Waals surface area contributed by atoms with Crippen molar-refractivity contribution in [1.29, 1.82) is 0 Å². The predicted molar refractivity (Wildman–Crippen MR) is 112 cm³/mol. The lowest BCUT2D eigenvalue weighted by Gasteiger charge is -2.28. The highest BCUT2D eigenvalue weighted by molar-refractivity contribution is 5.32. The Morgan fingerprint density at radius 3 is 1.96 bits per heavy atom. The van der Waals surface area contributed by atoms with Gasteiger partial charge >= 0.3 is 0 Å². The minimum atomic E-state index is 0.410. The van der Waals surface area contributed by atoms with Crippen LogP contribution in [-0.4, -0.2) is 25.7 Å². The molecule has 0 aliphatic heterocycles. The first-order chi connectivity index (χ1) is 12.8. The van der Waals surface area contributed by atoms with Crippen molar-refractivity contribution < 1.29 is 0 Å². The molecular weight excluding hydrogens is 316 g/mol. The van der Waals surface area contributed by atoms with Crippen LogP contribution in [0.2, 0.25) is 0 Å². The van der Waals surface area contributed by atoms with Gasteiger partial charge in [0.2, 0.25) is 0 Å². The Labute approximate surface area is 159 Å². The van der Waals surface area contributed by atoms with Gasteiger partial charge < -0.3 is 10.6 Å². The summed E-state index contributed by atoms with van der Waals surface area (Å²) in [4.78, 5) is 0. The molecule has 0 heterocycles. The highest BCUT2D eigenvalue weighted by atomic mass is 15.0. The fourth-order valence-electron chi connectivity index (χ4n) is 4.23. The van der Waals surface area contributed by atoms with E-state index < -0.39 is 0 Å². The van der Waals surface area contributed by atoms with Gasteiger partial charge in [0.05, 0.1) is 0 Å². The first-order valence-corrected chi connectivity index (χ1v) is 10.4. The molecule has 0 amide bonds. The topological polar surface area (TPSA) is 24.1 Å². The van der Waals surface area contributed by atoms with E-state index in [-0.39, 0.29) is 0 Å². The summed E-state index contributed by atoms with van der Waals surface area (Å²) in [5, 5.41) is 7.42. The van der Waals surface area contributed by atoms with Gasteiger partial charge in [-0.2, -0.15) is 0 Å². The van der Waals surface area contributed by atoms with E-state index in [9.17, 15) is 0 Å². The summed E-state index contributed by atoms with van der Waals surface area (Å²) in [6.45, 7) is 5.42. The Hall–Kier alpha value is -1.64. The zero-order valence-corrected chi connectivity index (χ0v) is 16.2. The fraction of sp³-hybridized carbons (Fsp3) is 0.500. The van der Waals surface area contributed by atoms with Crippen LogP contribution < -0.4 is 10.6 Å². The van der Waals surface area contributed by atoms with E-state index in [1.54, 1.807) is 0 Å². The molecule has 3 rings (SSSR count). The van der Waals surface area contributed by atoms with Crippen molar-refractivity contribution >= 4 is 0 Å². The van der Waals surface area contributed by atoms with Crippen LogP contribution in [0.4, 0.5) is 0 Å². The smallest absolute Gasteiger partial charge is 0.0214 e. The summed E-state index contributed by atoms with van der Waals surface area (Å²) in [6.07, 6.45) is 7.10. The molecular formula is C24H34N2. The number of benzene rings is 2. The van der Waals surface area contributed by atoms with Gasteiger partial charge in [-0.3, -0.25) is 0 Å². The van der Waals surface area contributed by atoms with Crippen LogP contribution >= 0.6 is 0 Å². The summed E-state index contributed by atoms with van der Waals surface area (Å²) < 4.78 is 0. The normalized spacial score (nSPS) is 16.7. The van der Waals surface area contributed by atoms with E-state index in [2.05, 4.69) is 78.2 Å². The molecule has 2 nitrogen and oxygen atoms in total. The molecule has 2 aromatic carbocycles. The number of nitrogens with one attached hydrogen (secondary N) is 2. The van der Waals surface area contributed by atoms with Crippen molar-refractivity contribution in [1.82, 2.24) is 10.6 Å². The summed E-state index contributed by atoms with van der Waals surface area (Å²) in [7, 11) is 0. The maximum Gasteiger partial charge on any atom is 0.0214 e. The molecule has 0 bridgehead atoms. The van der Waals surface area contributed by atoms with E-state index in [1.165, 1.54) is 43.2 Å². The predicted octanol–water partition coefficient (Wildman–Crippen LogP) is 4.97. The zero-order valence-electron chi connectivity index (χ0n) is 16.2. The third-order valence-corrected chi connectivity index (χ3v) is 5.88. The van der Waals surface area contributed by atoms with Crippen LogP contribution in [0.25, 0.3) is 0 Å². The van der Waals surface area contributed by atoms with Crippen LogP contribution in [0.15, 0.2) is 60.7 Å². The van der Waals surface area contributed by atoms with Crippen LogP contribution in [-0.2, 0) is 0 Å². The first kappa shape index (κ1) is 19.1. The number of rotatable bonds is 9. The molecule has 1 aliphatic carbocycles. The summed E-state index contributed by atoms with van der Waals surface area (Å²) >= 11 is 0. The quantitative estimate of drug-likeness (QED) is 0.624. The average molecular weight is 351 g/mol. The first-order valence-electron chi connectivity index (χ1n) is 10.4. The Kier molecular flexibility index (Phi) is 7.72. The van der Waals surface area contributed by atoms with Crippen molar-refractivity contribution in [3.05, 3.63) is 71.8 Å². The molecule has 1 atom stereocenters. The standard InChI is InChI=1S/C24H34N2/c1-20(21-11-5-2-6-12-21)26-18-17-25-19-24(22-13-7-3-8-14-22)23-15-9-4-10-16-23/h3-4,7-10,13-16,20-21,24-26H,2,5-6,11-12,17-19H2,1H3. The second-order valence-electron chi connectivity index (χ2n) is 7.72. The minimum absolute atomic E-state index is 0.410. The lowest BCUT2D eigenvalue weighted by Crippen LogP contribution is -2.39. The van der Waals surface area contributed by atoms with Gasteiger partial charge in [0, 0.05) is 31.6 Å². The van der Waals surface area contributed by atoms with E-state index in [0.29, 0.717) is 12.0 Å². The molecule has 2 heteroatoms. The second-order valence-corrected chi connectivity index (χ2v) is 7.72. The van der Waals surface area contributed by atoms with Crippen molar-refractivity contribution in [2.75, 3.05) is 19.6 Å². The van der Waals surface area contributed by atoms with Crippen molar-refractivity contribution in [3.8, 4) is 0 Å². The third-order valence-electron chi connectivity index (χ3n) is 5.88. The lowest BCUT2D eigenvalue weighted by atomic mass is 9.84. The molecule has 26 heavy (non-hydrogen) atoms. The maximum absolute atomic E-state index is 3.74. The van der Waals surface area contributed by atoms with Crippen LogP contribution in [0, 0.1) is 5.92 Å². The second kappa shape index (κ2) is 10.5.